The Morgan fingerprint density at radius 3 is 2.79 bits per heavy atom. The molecular weight excluding hydrogens is 304 g/mol. The summed E-state index contributed by atoms with van der Waals surface area (Å²) in [6.45, 7) is 1.73. The molecule has 1 aromatic carbocycles. The van der Waals surface area contributed by atoms with Gasteiger partial charge in [0.05, 0.1) is 0 Å². The number of nitrogens with zero attached hydrogens (tertiary/aromatic N) is 2. The summed E-state index contributed by atoms with van der Waals surface area (Å²) in [6, 6.07) is 12.2. The van der Waals surface area contributed by atoms with Crippen LogP contribution in [0.5, 0.6) is 0 Å². The second-order valence-corrected chi connectivity index (χ2v) is 5.31. The number of hydrogen-bond donors (Lipinski definition) is 2. The Morgan fingerprint density at radius 1 is 1.26 bits per heavy atom. The van der Waals surface area contributed by atoms with Crippen LogP contribution < -0.4 is 11.3 Å². The zero-order valence-electron chi connectivity index (χ0n) is 10.8. The predicted octanol–water partition coefficient (Wildman–Crippen LogP) is 2.76. The van der Waals surface area contributed by atoms with Gasteiger partial charge >= 0.3 is 0 Å². The van der Waals surface area contributed by atoms with Gasteiger partial charge in [0, 0.05) is 23.8 Å². The SMILES string of the molecule is CN(Cc1ccnc(NN)c1)Cc1ccccc1Br. The van der Waals surface area contributed by atoms with Crippen molar-refractivity contribution in [2.75, 3.05) is 12.5 Å². The number of aromatic nitrogens is 1. The lowest BCUT2D eigenvalue weighted by Gasteiger charge is -2.18. The minimum absolute atomic E-state index is 0.687. The predicted molar refractivity (Wildman–Crippen MR) is 81.4 cm³/mol. The Bertz CT molecular complexity index is 544. The number of halogens is 1. The molecule has 0 saturated carbocycles. The number of hydrazine groups is 1. The average molecular weight is 321 g/mol. The van der Waals surface area contributed by atoms with Gasteiger partial charge in [-0.1, -0.05) is 34.1 Å². The maximum Gasteiger partial charge on any atom is 0.140 e. The Kier molecular flexibility index (Phi) is 4.90. The largest absolute Gasteiger partial charge is 0.308 e. The lowest BCUT2D eigenvalue weighted by Crippen LogP contribution is -2.18. The topological polar surface area (TPSA) is 54.2 Å². The Hall–Kier alpha value is -1.43. The van der Waals surface area contributed by atoms with E-state index < -0.39 is 0 Å². The molecule has 2 aromatic rings. The smallest absolute Gasteiger partial charge is 0.140 e. The van der Waals surface area contributed by atoms with E-state index >= 15 is 0 Å². The highest BCUT2D eigenvalue weighted by molar-refractivity contribution is 9.10. The third-order valence-corrected chi connectivity index (χ3v) is 3.60. The van der Waals surface area contributed by atoms with Crippen molar-refractivity contribution >= 4 is 21.7 Å². The third-order valence-electron chi connectivity index (χ3n) is 2.82. The van der Waals surface area contributed by atoms with Gasteiger partial charge in [-0.15, -0.1) is 0 Å². The summed E-state index contributed by atoms with van der Waals surface area (Å²) in [6.07, 6.45) is 1.76. The fourth-order valence-corrected chi connectivity index (χ4v) is 2.35. The van der Waals surface area contributed by atoms with E-state index in [0.29, 0.717) is 5.82 Å². The van der Waals surface area contributed by atoms with Gasteiger partial charge in [0.2, 0.25) is 0 Å². The first-order valence-electron chi connectivity index (χ1n) is 6.02. The molecule has 5 heteroatoms. The van der Waals surface area contributed by atoms with Crippen molar-refractivity contribution in [2.24, 2.45) is 5.84 Å². The second kappa shape index (κ2) is 6.65. The minimum atomic E-state index is 0.687. The summed E-state index contributed by atoms with van der Waals surface area (Å²) >= 11 is 3.57. The summed E-state index contributed by atoms with van der Waals surface area (Å²) in [5.41, 5.74) is 5.01. The van der Waals surface area contributed by atoms with Gasteiger partial charge in [-0.3, -0.25) is 4.90 Å². The van der Waals surface area contributed by atoms with Crippen LogP contribution in [-0.2, 0) is 13.1 Å². The van der Waals surface area contributed by atoms with Gasteiger partial charge in [0.15, 0.2) is 0 Å². The highest BCUT2D eigenvalue weighted by atomic mass is 79.9. The molecule has 0 saturated heterocycles. The Morgan fingerprint density at radius 2 is 2.05 bits per heavy atom. The van der Waals surface area contributed by atoms with E-state index in [4.69, 9.17) is 5.84 Å². The van der Waals surface area contributed by atoms with Crippen molar-refractivity contribution in [3.8, 4) is 0 Å². The maximum absolute atomic E-state index is 5.36. The molecule has 0 bridgehead atoms. The van der Waals surface area contributed by atoms with Crippen LogP contribution in [0.1, 0.15) is 11.1 Å². The highest BCUT2D eigenvalue weighted by Crippen LogP contribution is 2.18. The van der Waals surface area contributed by atoms with Crippen LogP contribution >= 0.6 is 15.9 Å². The van der Waals surface area contributed by atoms with Gasteiger partial charge in [-0.05, 0) is 36.4 Å². The van der Waals surface area contributed by atoms with Crippen molar-refractivity contribution in [1.82, 2.24) is 9.88 Å². The minimum Gasteiger partial charge on any atom is -0.308 e. The van der Waals surface area contributed by atoms with Crippen LogP contribution in [0.4, 0.5) is 5.82 Å². The van der Waals surface area contributed by atoms with E-state index in [-0.39, 0.29) is 0 Å². The molecule has 4 nitrogen and oxygen atoms in total. The molecule has 0 amide bonds. The van der Waals surface area contributed by atoms with Crippen molar-refractivity contribution in [1.29, 1.82) is 0 Å². The molecule has 0 aliphatic rings. The van der Waals surface area contributed by atoms with E-state index in [9.17, 15) is 0 Å². The molecule has 0 fully saturated rings. The molecule has 3 N–H and O–H groups in total. The standard InChI is InChI=1S/C14H17BrN4/c1-19(10-12-4-2-3-5-13(12)15)9-11-6-7-17-14(8-11)18-16/h2-8H,9-10,16H2,1H3,(H,17,18). The summed E-state index contributed by atoms with van der Waals surface area (Å²) in [4.78, 5) is 6.35. The molecule has 0 atom stereocenters. The van der Waals surface area contributed by atoms with E-state index in [2.05, 4.69) is 56.5 Å². The molecule has 0 aliphatic heterocycles. The number of anilines is 1. The number of nitrogen functional groups attached to an aromatic ring is 1. The molecule has 0 spiro atoms. The molecule has 0 unspecified atom stereocenters. The number of hydrogen-bond acceptors (Lipinski definition) is 4. The molecule has 100 valence electrons. The molecule has 1 aromatic heterocycles. The summed E-state index contributed by atoms with van der Waals surface area (Å²) in [5, 5.41) is 0. The van der Waals surface area contributed by atoms with Crippen LogP contribution in [0.2, 0.25) is 0 Å². The lowest BCUT2D eigenvalue weighted by molar-refractivity contribution is 0.318. The summed E-state index contributed by atoms with van der Waals surface area (Å²) < 4.78 is 1.14. The first-order valence-corrected chi connectivity index (χ1v) is 6.82. The van der Waals surface area contributed by atoms with Crippen molar-refractivity contribution in [3.05, 3.63) is 58.2 Å². The number of nitrogens with two attached hydrogens (primary N) is 1. The number of pyridine rings is 1. The first kappa shape index (κ1) is 14.0. The van der Waals surface area contributed by atoms with E-state index in [1.54, 1.807) is 6.20 Å². The average Bonchev–Trinajstić information content (AvgIpc) is 2.41. The number of nitrogens with one attached hydrogen (secondary N) is 1. The van der Waals surface area contributed by atoms with Crippen LogP contribution in [0.3, 0.4) is 0 Å². The van der Waals surface area contributed by atoms with Crippen LogP contribution in [-0.4, -0.2) is 16.9 Å². The molecule has 0 aliphatic carbocycles. The maximum atomic E-state index is 5.36. The van der Waals surface area contributed by atoms with Gasteiger partial charge in [0.1, 0.15) is 5.82 Å². The summed E-state index contributed by atoms with van der Waals surface area (Å²) in [5.74, 6) is 6.05. The van der Waals surface area contributed by atoms with Crippen LogP contribution in [0, 0.1) is 0 Å². The van der Waals surface area contributed by atoms with Gasteiger partial charge < -0.3 is 5.43 Å². The molecule has 0 radical (unpaired) electrons. The van der Waals surface area contributed by atoms with E-state index in [1.807, 2.05) is 18.2 Å². The van der Waals surface area contributed by atoms with Crippen molar-refractivity contribution in [2.45, 2.75) is 13.1 Å². The fraction of sp³-hybridized carbons (Fsp3) is 0.214. The second-order valence-electron chi connectivity index (χ2n) is 4.46. The van der Waals surface area contributed by atoms with Crippen molar-refractivity contribution in [3.63, 3.8) is 0 Å². The monoisotopic (exact) mass is 320 g/mol. The molecule has 19 heavy (non-hydrogen) atoms. The van der Waals surface area contributed by atoms with E-state index in [1.165, 1.54) is 11.1 Å². The normalized spacial score (nSPS) is 10.7. The Balaban J connectivity index is 2.01. The zero-order chi connectivity index (χ0) is 13.7. The lowest BCUT2D eigenvalue weighted by atomic mass is 10.2. The van der Waals surface area contributed by atoms with Gasteiger partial charge in [0.25, 0.3) is 0 Å². The number of rotatable bonds is 5. The Labute approximate surface area is 121 Å². The van der Waals surface area contributed by atoms with Crippen LogP contribution in [0.15, 0.2) is 47.1 Å². The fourth-order valence-electron chi connectivity index (χ4n) is 1.94. The highest BCUT2D eigenvalue weighted by Gasteiger charge is 2.05. The summed E-state index contributed by atoms with van der Waals surface area (Å²) in [7, 11) is 2.09. The quantitative estimate of drug-likeness (QED) is 0.657. The molecular formula is C14H17BrN4. The van der Waals surface area contributed by atoms with Crippen LogP contribution in [0.25, 0.3) is 0 Å². The van der Waals surface area contributed by atoms with Crippen molar-refractivity contribution < 1.29 is 0 Å². The van der Waals surface area contributed by atoms with Gasteiger partial charge in [-0.25, -0.2) is 10.8 Å². The molecule has 2 rings (SSSR count). The molecule has 1 heterocycles. The third kappa shape index (κ3) is 4.02. The zero-order valence-corrected chi connectivity index (χ0v) is 12.4. The van der Waals surface area contributed by atoms with E-state index in [0.717, 1.165) is 17.6 Å². The first-order chi connectivity index (χ1) is 9.19. The number of benzene rings is 1. The van der Waals surface area contributed by atoms with Gasteiger partial charge in [-0.2, -0.15) is 0 Å².